The predicted octanol–water partition coefficient (Wildman–Crippen LogP) is 5.81. The Morgan fingerprint density at radius 3 is 2.40 bits per heavy atom. The SMILES string of the molecule is CCOc1c(CNCCc2ccc(Cl)cc2Cl)cc(Cl)cc1OC.Cl. The molecule has 0 aromatic heterocycles. The summed E-state index contributed by atoms with van der Waals surface area (Å²) in [6.45, 7) is 3.89. The van der Waals surface area contributed by atoms with Crippen molar-refractivity contribution in [1.29, 1.82) is 0 Å². The minimum atomic E-state index is 0. The van der Waals surface area contributed by atoms with Crippen LogP contribution in [0.25, 0.3) is 0 Å². The second-order valence-corrected chi connectivity index (χ2v) is 6.47. The molecule has 0 spiro atoms. The van der Waals surface area contributed by atoms with E-state index in [9.17, 15) is 0 Å². The smallest absolute Gasteiger partial charge is 0.165 e. The maximum Gasteiger partial charge on any atom is 0.165 e. The Labute approximate surface area is 170 Å². The fourth-order valence-electron chi connectivity index (χ4n) is 2.38. The minimum Gasteiger partial charge on any atom is -0.493 e. The van der Waals surface area contributed by atoms with Crippen molar-refractivity contribution in [3.8, 4) is 11.5 Å². The third-order valence-corrected chi connectivity index (χ3v) is 4.31. The van der Waals surface area contributed by atoms with E-state index in [4.69, 9.17) is 44.3 Å². The molecule has 2 aromatic rings. The molecule has 138 valence electrons. The van der Waals surface area contributed by atoms with Crippen molar-refractivity contribution in [3.05, 3.63) is 56.5 Å². The van der Waals surface area contributed by atoms with Gasteiger partial charge in [0, 0.05) is 33.2 Å². The molecule has 0 saturated heterocycles. The molecule has 0 unspecified atom stereocenters. The molecule has 2 rings (SSSR count). The van der Waals surface area contributed by atoms with E-state index in [1.165, 1.54) is 0 Å². The van der Waals surface area contributed by atoms with Gasteiger partial charge in [-0.25, -0.2) is 0 Å². The maximum absolute atomic E-state index is 6.19. The summed E-state index contributed by atoms with van der Waals surface area (Å²) in [7, 11) is 1.61. The van der Waals surface area contributed by atoms with Gasteiger partial charge >= 0.3 is 0 Å². The second-order valence-electron chi connectivity index (χ2n) is 5.19. The summed E-state index contributed by atoms with van der Waals surface area (Å²) in [4.78, 5) is 0. The molecule has 0 saturated carbocycles. The molecular weight excluding hydrogens is 404 g/mol. The Kier molecular flexibility index (Phi) is 9.77. The van der Waals surface area contributed by atoms with Crippen LogP contribution < -0.4 is 14.8 Å². The lowest BCUT2D eigenvalue weighted by molar-refractivity contribution is 0.307. The highest BCUT2D eigenvalue weighted by Gasteiger charge is 2.12. The molecule has 7 heteroatoms. The number of hydrogen-bond acceptors (Lipinski definition) is 3. The second kappa shape index (κ2) is 11.0. The first-order valence-corrected chi connectivity index (χ1v) is 8.82. The van der Waals surface area contributed by atoms with Crippen LogP contribution in [0.15, 0.2) is 30.3 Å². The lowest BCUT2D eigenvalue weighted by Crippen LogP contribution is -2.17. The van der Waals surface area contributed by atoms with E-state index in [-0.39, 0.29) is 12.4 Å². The van der Waals surface area contributed by atoms with Gasteiger partial charge in [-0.1, -0.05) is 40.9 Å². The zero-order chi connectivity index (χ0) is 17.5. The van der Waals surface area contributed by atoms with Gasteiger partial charge in [0.2, 0.25) is 0 Å². The summed E-state index contributed by atoms with van der Waals surface area (Å²) in [6.07, 6.45) is 0.803. The summed E-state index contributed by atoms with van der Waals surface area (Å²) in [6, 6.07) is 9.19. The van der Waals surface area contributed by atoms with Crippen LogP contribution in [0.4, 0.5) is 0 Å². The standard InChI is InChI=1S/C18H20Cl3NO2.ClH/c1-3-24-18-13(8-15(20)10-17(18)23-2)11-22-7-6-12-4-5-14(19)9-16(12)21;/h4-5,8-10,22H,3,6-7,11H2,1-2H3;1H. The fraction of sp³-hybridized carbons (Fsp3) is 0.333. The van der Waals surface area contributed by atoms with Crippen LogP contribution in [0.1, 0.15) is 18.1 Å². The lowest BCUT2D eigenvalue weighted by Gasteiger charge is -2.15. The Balaban J connectivity index is 0.00000312. The van der Waals surface area contributed by atoms with Crippen molar-refractivity contribution in [3.63, 3.8) is 0 Å². The van der Waals surface area contributed by atoms with Gasteiger partial charge < -0.3 is 14.8 Å². The molecule has 25 heavy (non-hydrogen) atoms. The van der Waals surface area contributed by atoms with Crippen LogP contribution in [0.3, 0.4) is 0 Å². The van der Waals surface area contributed by atoms with Gasteiger partial charge in [-0.3, -0.25) is 0 Å². The molecular formula is C18H21Cl4NO2. The summed E-state index contributed by atoms with van der Waals surface area (Å²) < 4.78 is 11.1. The van der Waals surface area contributed by atoms with Crippen molar-refractivity contribution in [1.82, 2.24) is 5.32 Å². The van der Waals surface area contributed by atoms with E-state index in [0.717, 1.165) is 29.8 Å². The summed E-state index contributed by atoms with van der Waals surface area (Å²) in [5.41, 5.74) is 2.02. The number of methoxy groups -OCH3 is 1. The number of rotatable bonds is 8. The Morgan fingerprint density at radius 2 is 1.76 bits per heavy atom. The molecule has 0 aliphatic heterocycles. The molecule has 1 N–H and O–H groups in total. The summed E-state index contributed by atoms with van der Waals surface area (Å²) in [5.74, 6) is 1.36. The van der Waals surface area contributed by atoms with Crippen LogP contribution in [0.2, 0.25) is 15.1 Å². The quantitative estimate of drug-likeness (QED) is 0.542. The average molecular weight is 425 g/mol. The molecule has 3 nitrogen and oxygen atoms in total. The van der Waals surface area contributed by atoms with Crippen molar-refractivity contribution >= 4 is 47.2 Å². The number of halogens is 4. The largest absolute Gasteiger partial charge is 0.493 e. The van der Waals surface area contributed by atoms with E-state index >= 15 is 0 Å². The highest BCUT2D eigenvalue weighted by molar-refractivity contribution is 6.35. The van der Waals surface area contributed by atoms with Gasteiger partial charge in [-0.05, 0) is 43.7 Å². The summed E-state index contributed by atoms with van der Waals surface area (Å²) >= 11 is 18.2. The first kappa shape index (κ1) is 22.2. The van der Waals surface area contributed by atoms with Crippen molar-refractivity contribution in [2.45, 2.75) is 19.9 Å². The van der Waals surface area contributed by atoms with E-state index in [0.29, 0.717) is 34.0 Å². The van der Waals surface area contributed by atoms with Crippen LogP contribution in [0.5, 0.6) is 11.5 Å². The normalized spacial score (nSPS) is 10.3. The monoisotopic (exact) mass is 423 g/mol. The minimum absolute atomic E-state index is 0. The number of nitrogens with one attached hydrogen (secondary N) is 1. The molecule has 0 radical (unpaired) electrons. The van der Waals surface area contributed by atoms with E-state index in [2.05, 4.69) is 5.32 Å². The molecule has 0 aliphatic rings. The van der Waals surface area contributed by atoms with Crippen LogP contribution in [0, 0.1) is 0 Å². The van der Waals surface area contributed by atoms with Crippen LogP contribution in [-0.2, 0) is 13.0 Å². The summed E-state index contributed by atoms with van der Waals surface area (Å²) in [5, 5.41) is 5.33. The first-order valence-electron chi connectivity index (χ1n) is 7.69. The average Bonchev–Trinajstić information content (AvgIpc) is 2.55. The van der Waals surface area contributed by atoms with Gasteiger partial charge in [0.05, 0.1) is 13.7 Å². The first-order chi connectivity index (χ1) is 11.5. The van der Waals surface area contributed by atoms with Gasteiger partial charge in [0.25, 0.3) is 0 Å². The molecule has 0 amide bonds. The number of hydrogen-bond donors (Lipinski definition) is 1. The number of ether oxygens (including phenoxy) is 2. The van der Waals surface area contributed by atoms with E-state index in [1.807, 2.05) is 25.1 Å². The zero-order valence-corrected chi connectivity index (χ0v) is 17.2. The van der Waals surface area contributed by atoms with Gasteiger partial charge in [-0.2, -0.15) is 0 Å². The van der Waals surface area contributed by atoms with Gasteiger partial charge in [0.1, 0.15) is 0 Å². The van der Waals surface area contributed by atoms with Crippen LogP contribution in [-0.4, -0.2) is 20.3 Å². The topological polar surface area (TPSA) is 30.5 Å². The van der Waals surface area contributed by atoms with Crippen molar-refractivity contribution < 1.29 is 9.47 Å². The Hall–Kier alpha value is -0.840. The van der Waals surface area contributed by atoms with E-state index in [1.54, 1.807) is 19.2 Å². The highest BCUT2D eigenvalue weighted by atomic mass is 35.5. The lowest BCUT2D eigenvalue weighted by atomic mass is 10.1. The molecule has 0 heterocycles. The zero-order valence-electron chi connectivity index (χ0n) is 14.1. The van der Waals surface area contributed by atoms with E-state index < -0.39 is 0 Å². The van der Waals surface area contributed by atoms with Crippen LogP contribution >= 0.6 is 47.2 Å². The maximum atomic E-state index is 6.19. The molecule has 2 aromatic carbocycles. The molecule has 0 fully saturated rings. The predicted molar refractivity (Wildman–Crippen MR) is 108 cm³/mol. The Morgan fingerprint density at radius 1 is 1.00 bits per heavy atom. The Bertz CT molecular complexity index is 695. The molecule has 0 bridgehead atoms. The third-order valence-electron chi connectivity index (χ3n) is 3.51. The molecule has 0 atom stereocenters. The fourth-order valence-corrected chi connectivity index (χ4v) is 3.12. The highest BCUT2D eigenvalue weighted by Crippen LogP contribution is 2.34. The van der Waals surface area contributed by atoms with Crippen molar-refractivity contribution in [2.75, 3.05) is 20.3 Å². The van der Waals surface area contributed by atoms with Gasteiger partial charge in [-0.15, -0.1) is 12.4 Å². The number of benzene rings is 2. The molecule has 0 aliphatic carbocycles. The van der Waals surface area contributed by atoms with Crippen molar-refractivity contribution in [2.24, 2.45) is 0 Å². The third kappa shape index (κ3) is 6.43. The van der Waals surface area contributed by atoms with Gasteiger partial charge in [0.15, 0.2) is 11.5 Å².